The molecule has 1 N–H and O–H groups in total. The molecule has 7 nitrogen and oxygen atoms in total. The first-order valence-electron chi connectivity index (χ1n) is 11.3. The number of pyridine rings is 2. The van der Waals surface area contributed by atoms with Gasteiger partial charge in [-0.05, 0) is 48.0 Å². The third kappa shape index (κ3) is 4.70. The van der Waals surface area contributed by atoms with E-state index in [-0.39, 0.29) is 5.91 Å². The van der Waals surface area contributed by atoms with Crippen LogP contribution in [0.1, 0.15) is 15.9 Å². The quantitative estimate of drug-likeness (QED) is 0.473. The molecule has 1 fully saturated rings. The zero-order chi connectivity index (χ0) is 23.3. The Labute approximate surface area is 198 Å². The molecule has 2 aromatic carbocycles. The Hall–Kier alpha value is -3.97. The molecule has 1 saturated heterocycles. The van der Waals surface area contributed by atoms with E-state index in [1.807, 2.05) is 72.9 Å². The summed E-state index contributed by atoms with van der Waals surface area (Å²) in [5.41, 5.74) is 3.97. The SMILES string of the molecule is COc1ccc(-c2cc(C(=O)NCc3ccc(N4CCOCC4)nc3)c3ccccc3n2)cc1. The number of aromatic nitrogens is 2. The number of rotatable bonds is 6. The average molecular weight is 455 g/mol. The van der Waals surface area contributed by atoms with E-state index in [9.17, 15) is 4.79 Å². The lowest BCUT2D eigenvalue weighted by Gasteiger charge is -2.27. The predicted octanol–water partition coefficient (Wildman–Crippen LogP) is 4.07. The molecule has 34 heavy (non-hydrogen) atoms. The van der Waals surface area contributed by atoms with Gasteiger partial charge in [0.05, 0.1) is 37.1 Å². The highest BCUT2D eigenvalue weighted by Gasteiger charge is 2.15. The molecule has 7 heteroatoms. The summed E-state index contributed by atoms with van der Waals surface area (Å²) in [6.45, 7) is 3.52. The second-order valence-electron chi connectivity index (χ2n) is 8.11. The van der Waals surface area contributed by atoms with Gasteiger partial charge in [0, 0.05) is 36.8 Å². The summed E-state index contributed by atoms with van der Waals surface area (Å²) in [5.74, 6) is 1.56. The number of hydrogen-bond donors (Lipinski definition) is 1. The number of nitrogens with zero attached hydrogens (tertiary/aromatic N) is 3. The second kappa shape index (κ2) is 9.89. The molecule has 1 amide bonds. The summed E-state index contributed by atoms with van der Waals surface area (Å²) in [6.07, 6.45) is 1.82. The maximum Gasteiger partial charge on any atom is 0.252 e. The molecule has 3 heterocycles. The number of carbonyl (C=O) groups is 1. The monoisotopic (exact) mass is 454 g/mol. The van der Waals surface area contributed by atoms with Crippen molar-refractivity contribution in [1.82, 2.24) is 15.3 Å². The number of morpholine rings is 1. The molecule has 4 aromatic rings. The Morgan fingerprint density at radius 3 is 2.59 bits per heavy atom. The number of hydrogen-bond acceptors (Lipinski definition) is 6. The summed E-state index contributed by atoms with van der Waals surface area (Å²) < 4.78 is 10.7. The van der Waals surface area contributed by atoms with E-state index in [4.69, 9.17) is 14.5 Å². The molecule has 5 rings (SSSR count). The topological polar surface area (TPSA) is 76.6 Å². The fourth-order valence-corrected chi connectivity index (χ4v) is 4.05. The highest BCUT2D eigenvalue weighted by atomic mass is 16.5. The minimum absolute atomic E-state index is 0.148. The first kappa shape index (κ1) is 21.9. The predicted molar refractivity (Wildman–Crippen MR) is 132 cm³/mol. The first-order valence-corrected chi connectivity index (χ1v) is 11.3. The summed E-state index contributed by atoms with van der Waals surface area (Å²) in [5, 5.41) is 3.86. The molecule has 0 spiro atoms. The van der Waals surface area contributed by atoms with Crippen LogP contribution in [-0.2, 0) is 11.3 Å². The molecule has 0 aliphatic carbocycles. The number of nitrogens with one attached hydrogen (secondary N) is 1. The Morgan fingerprint density at radius 1 is 1.06 bits per heavy atom. The zero-order valence-corrected chi connectivity index (χ0v) is 19.0. The van der Waals surface area contributed by atoms with Crippen LogP contribution in [0.5, 0.6) is 5.75 Å². The van der Waals surface area contributed by atoms with Crippen LogP contribution >= 0.6 is 0 Å². The molecular weight excluding hydrogens is 428 g/mol. The van der Waals surface area contributed by atoms with Crippen LogP contribution in [0.3, 0.4) is 0 Å². The van der Waals surface area contributed by atoms with E-state index in [0.29, 0.717) is 12.1 Å². The van der Waals surface area contributed by atoms with E-state index in [1.54, 1.807) is 7.11 Å². The largest absolute Gasteiger partial charge is 0.497 e. The molecule has 0 saturated carbocycles. The number of benzene rings is 2. The van der Waals surface area contributed by atoms with Crippen LogP contribution in [0.15, 0.2) is 72.9 Å². The van der Waals surface area contributed by atoms with Gasteiger partial charge in [-0.1, -0.05) is 24.3 Å². The maximum absolute atomic E-state index is 13.2. The van der Waals surface area contributed by atoms with E-state index in [0.717, 1.165) is 65.6 Å². The molecule has 172 valence electrons. The fourth-order valence-electron chi connectivity index (χ4n) is 4.05. The average Bonchev–Trinajstić information content (AvgIpc) is 2.92. The lowest BCUT2D eigenvalue weighted by atomic mass is 10.0. The van der Waals surface area contributed by atoms with Gasteiger partial charge in [0.1, 0.15) is 11.6 Å². The van der Waals surface area contributed by atoms with Crippen LogP contribution < -0.4 is 15.0 Å². The van der Waals surface area contributed by atoms with Crippen molar-refractivity contribution in [3.63, 3.8) is 0 Å². The van der Waals surface area contributed by atoms with Crippen molar-refractivity contribution in [3.8, 4) is 17.0 Å². The Morgan fingerprint density at radius 2 is 1.85 bits per heavy atom. The van der Waals surface area contributed by atoms with Gasteiger partial charge in [0.25, 0.3) is 5.91 Å². The summed E-state index contributed by atoms with van der Waals surface area (Å²) in [7, 11) is 1.64. The Bertz CT molecular complexity index is 1280. The summed E-state index contributed by atoms with van der Waals surface area (Å²) in [6, 6.07) is 21.2. The van der Waals surface area contributed by atoms with Gasteiger partial charge in [-0.25, -0.2) is 9.97 Å². The van der Waals surface area contributed by atoms with Crippen LogP contribution in [0.25, 0.3) is 22.2 Å². The van der Waals surface area contributed by atoms with Crippen molar-refractivity contribution in [3.05, 3.63) is 84.1 Å². The highest BCUT2D eigenvalue weighted by Crippen LogP contribution is 2.26. The zero-order valence-electron chi connectivity index (χ0n) is 19.0. The van der Waals surface area contributed by atoms with Gasteiger partial charge in [-0.15, -0.1) is 0 Å². The smallest absolute Gasteiger partial charge is 0.252 e. The molecule has 2 aromatic heterocycles. The van der Waals surface area contributed by atoms with E-state index in [1.165, 1.54) is 0 Å². The number of carbonyl (C=O) groups excluding carboxylic acids is 1. The number of methoxy groups -OCH3 is 1. The number of anilines is 1. The van der Waals surface area contributed by atoms with Gasteiger partial charge in [0.15, 0.2) is 0 Å². The standard InChI is InChI=1S/C27H26N4O3/c1-33-21-9-7-20(8-10-21)25-16-23(22-4-2-3-5-24(22)30-25)27(32)29-18-19-6-11-26(28-17-19)31-12-14-34-15-13-31/h2-11,16-17H,12-15,18H2,1H3,(H,29,32). The number of fused-ring (bicyclic) bond motifs is 1. The van der Waals surface area contributed by atoms with Crippen molar-refractivity contribution in [2.75, 3.05) is 38.3 Å². The van der Waals surface area contributed by atoms with Gasteiger partial charge in [-0.3, -0.25) is 4.79 Å². The molecule has 1 aliphatic rings. The minimum Gasteiger partial charge on any atom is -0.497 e. The third-order valence-corrected chi connectivity index (χ3v) is 5.94. The Kier molecular flexibility index (Phi) is 6.35. The summed E-state index contributed by atoms with van der Waals surface area (Å²) >= 11 is 0. The number of para-hydroxylation sites is 1. The minimum atomic E-state index is -0.148. The van der Waals surface area contributed by atoms with Crippen LogP contribution in [0, 0.1) is 0 Å². The van der Waals surface area contributed by atoms with Gasteiger partial charge in [0.2, 0.25) is 0 Å². The summed E-state index contributed by atoms with van der Waals surface area (Å²) in [4.78, 5) is 24.8. The number of amides is 1. The van der Waals surface area contributed by atoms with Crippen LogP contribution in [0.4, 0.5) is 5.82 Å². The molecule has 1 aliphatic heterocycles. The molecule has 0 atom stereocenters. The maximum atomic E-state index is 13.2. The van der Waals surface area contributed by atoms with Crippen LogP contribution in [-0.4, -0.2) is 49.3 Å². The normalized spacial score (nSPS) is 13.6. The van der Waals surface area contributed by atoms with Crippen molar-refractivity contribution in [2.45, 2.75) is 6.54 Å². The molecule has 0 unspecified atom stereocenters. The third-order valence-electron chi connectivity index (χ3n) is 5.94. The first-order chi connectivity index (χ1) is 16.7. The van der Waals surface area contributed by atoms with Gasteiger partial charge >= 0.3 is 0 Å². The van der Waals surface area contributed by atoms with E-state index in [2.05, 4.69) is 15.2 Å². The lowest BCUT2D eigenvalue weighted by Crippen LogP contribution is -2.36. The Balaban J connectivity index is 1.36. The molecule has 0 radical (unpaired) electrons. The molecule has 0 bridgehead atoms. The van der Waals surface area contributed by atoms with Crippen LogP contribution in [0.2, 0.25) is 0 Å². The highest BCUT2D eigenvalue weighted by molar-refractivity contribution is 6.07. The van der Waals surface area contributed by atoms with Crippen molar-refractivity contribution in [1.29, 1.82) is 0 Å². The van der Waals surface area contributed by atoms with Gasteiger partial charge in [-0.2, -0.15) is 0 Å². The van der Waals surface area contributed by atoms with Crippen molar-refractivity contribution in [2.24, 2.45) is 0 Å². The van der Waals surface area contributed by atoms with E-state index < -0.39 is 0 Å². The van der Waals surface area contributed by atoms with Crippen molar-refractivity contribution >= 4 is 22.6 Å². The molecular formula is C27H26N4O3. The fraction of sp³-hybridized carbons (Fsp3) is 0.222. The lowest BCUT2D eigenvalue weighted by molar-refractivity contribution is 0.0952. The van der Waals surface area contributed by atoms with E-state index >= 15 is 0 Å². The second-order valence-corrected chi connectivity index (χ2v) is 8.11. The van der Waals surface area contributed by atoms with Crippen molar-refractivity contribution < 1.29 is 14.3 Å². The number of ether oxygens (including phenoxy) is 2. The van der Waals surface area contributed by atoms with Gasteiger partial charge < -0.3 is 19.7 Å².